The Morgan fingerprint density at radius 3 is 2.40 bits per heavy atom. The third kappa shape index (κ3) is 4.39. The molecule has 1 unspecified atom stereocenters. The zero-order valence-corrected chi connectivity index (χ0v) is 4.35. The van der Waals surface area contributed by atoms with Crippen LogP contribution in [0.25, 0.3) is 0 Å². The van der Waals surface area contributed by atoms with Gasteiger partial charge in [0, 0.05) is 0 Å². The molecule has 31 valence electrons. The molecule has 0 heterocycles. The monoisotopic (exact) mass is 90.0 g/mol. The van der Waals surface area contributed by atoms with Crippen LogP contribution >= 0.6 is 9.39 Å². The molecule has 0 aromatic rings. The van der Waals surface area contributed by atoms with E-state index in [-0.39, 0.29) is 0 Å². The lowest BCUT2D eigenvalue weighted by atomic mass is 10.5. The van der Waals surface area contributed by atoms with Crippen molar-refractivity contribution >= 4 is 9.39 Å². The van der Waals surface area contributed by atoms with Crippen molar-refractivity contribution < 1.29 is 0 Å². The van der Waals surface area contributed by atoms with E-state index in [1.54, 1.807) is 0 Å². The van der Waals surface area contributed by atoms with Gasteiger partial charge in [-0.3, -0.25) is 0 Å². The molecule has 1 nitrogen and oxygen atoms in total. The molecule has 0 aliphatic carbocycles. The average Bonchev–Trinajstić information content (AvgIpc) is 1.41. The molecule has 0 rings (SSSR count). The topological polar surface area (TPSA) is 12.0 Å². The molecule has 0 spiro atoms. The van der Waals surface area contributed by atoms with Gasteiger partial charge in [0.05, 0.1) is 0 Å². The van der Waals surface area contributed by atoms with Crippen molar-refractivity contribution in [3.05, 3.63) is 6.92 Å². The van der Waals surface area contributed by atoms with E-state index in [0.717, 1.165) is 13.0 Å². The third-order valence-corrected chi connectivity index (χ3v) is 0.610. The van der Waals surface area contributed by atoms with Crippen LogP contribution in [-0.2, 0) is 0 Å². The molecular weight excluding hydrogens is 81.0 g/mol. The second kappa shape index (κ2) is 4.39. The highest BCUT2D eigenvalue weighted by Gasteiger charge is 1.65. The van der Waals surface area contributed by atoms with Gasteiger partial charge in [0.15, 0.2) is 0 Å². The lowest BCUT2D eigenvalue weighted by Gasteiger charge is -1.84. The molecule has 0 amide bonds. The van der Waals surface area contributed by atoms with Crippen molar-refractivity contribution in [1.29, 1.82) is 0 Å². The van der Waals surface area contributed by atoms with Crippen LogP contribution in [0.5, 0.6) is 0 Å². The first-order valence-electron chi connectivity index (χ1n) is 1.64. The Balaban J connectivity index is 2.19. The van der Waals surface area contributed by atoms with Crippen LogP contribution in [0.1, 0.15) is 6.42 Å². The lowest BCUT2D eigenvalue weighted by molar-refractivity contribution is 0.937. The Labute approximate surface area is 35.4 Å². The summed E-state index contributed by atoms with van der Waals surface area (Å²) in [5.74, 6) is 0. The summed E-state index contributed by atoms with van der Waals surface area (Å²) in [4.78, 5) is 0. The highest BCUT2D eigenvalue weighted by Crippen LogP contribution is 1.70. The Hall–Kier alpha value is 0.390. The van der Waals surface area contributed by atoms with Gasteiger partial charge in [-0.1, -0.05) is 16.3 Å². The van der Waals surface area contributed by atoms with Crippen LogP contribution in [0, 0.1) is 6.92 Å². The highest BCUT2D eigenvalue weighted by atomic mass is 31.0. The molecule has 0 saturated carbocycles. The maximum absolute atomic E-state index is 3.60. The molecule has 0 fully saturated rings. The molecule has 1 radical (unpaired) electrons. The largest absolute Gasteiger partial charge is 0.301 e. The molecule has 0 aromatic carbocycles. The molecule has 2 heteroatoms. The molecule has 0 aliphatic heterocycles. The van der Waals surface area contributed by atoms with E-state index < -0.39 is 0 Å². The fourth-order valence-corrected chi connectivity index (χ4v) is 0.306. The maximum Gasteiger partial charge on any atom is -0.00144 e. The molecule has 0 aromatic heterocycles. The number of rotatable bonds is 2. The van der Waals surface area contributed by atoms with E-state index in [1.807, 2.05) is 0 Å². The molecule has 0 bridgehead atoms. The standard InChI is InChI=1S/C3H9NP/c1-2-3-4-5/h4H,1-3,5H2. The van der Waals surface area contributed by atoms with E-state index >= 15 is 0 Å². The minimum absolute atomic E-state index is 0.962. The van der Waals surface area contributed by atoms with Gasteiger partial charge < -0.3 is 5.09 Å². The van der Waals surface area contributed by atoms with Gasteiger partial charge in [-0.2, -0.15) is 0 Å². The normalized spacial score (nSPS) is 8.40. The summed E-state index contributed by atoms with van der Waals surface area (Å²) in [6, 6.07) is 0. The van der Waals surface area contributed by atoms with E-state index in [2.05, 4.69) is 21.4 Å². The predicted octanol–water partition coefficient (Wildman–Crippen LogP) is 0.590. The average molecular weight is 90.1 g/mol. The van der Waals surface area contributed by atoms with Crippen molar-refractivity contribution in [3.8, 4) is 0 Å². The summed E-state index contributed by atoms with van der Waals surface area (Å²) in [6.07, 6.45) is 0.962. The van der Waals surface area contributed by atoms with Gasteiger partial charge in [-0.25, -0.2) is 0 Å². The molecule has 1 atom stereocenters. The number of hydrogen-bond donors (Lipinski definition) is 1. The van der Waals surface area contributed by atoms with Gasteiger partial charge in [0.2, 0.25) is 0 Å². The summed E-state index contributed by atoms with van der Waals surface area (Å²) in [6.45, 7) is 4.59. The van der Waals surface area contributed by atoms with Crippen LogP contribution in [0.2, 0.25) is 0 Å². The van der Waals surface area contributed by atoms with Crippen LogP contribution in [0.4, 0.5) is 0 Å². The zero-order chi connectivity index (χ0) is 4.12. The quantitative estimate of drug-likeness (QED) is 0.489. The van der Waals surface area contributed by atoms with Crippen LogP contribution in [0.15, 0.2) is 0 Å². The van der Waals surface area contributed by atoms with Crippen LogP contribution in [0.3, 0.4) is 0 Å². The summed E-state index contributed by atoms with van der Waals surface area (Å²) in [5, 5.41) is 2.87. The first-order valence-corrected chi connectivity index (χ1v) is 2.22. The second-order valence-electron chi connectivity index (χ2n) is 0.808. The van der Waals surface area contributed by atoms with Crippen molar-refractivity contribution in [2.45, 2.75) is 6.42 Å². The molecular formula is C3H9NP. The Morgan fingerprint density at radius 1 is 1.80 bits per heavy atom. The summed E-state index contributed by atoms with van der Waals surface area (Å²) in [7, 11) is 2.41. The number of hydrogen-bond acceptors (Lipinski definition) is 1. The third-order valence-electron chi connectivity index (χ3n) is 0.321. The Kier molecular flexibility index (Phi) is 4.73. The first kappa shape index (κ1) is 5.39. The summed E-state index contributed by atoms with van der Waals surface area (Å²) >= 11 is 0. The first-order chi connectivity index (χ1) is 2.41. The maximum atomic E-state index is 3.60. The van der Waals surface area contributed by atoms with E-state index in [1.165, 1.54) is 0 Å². The molecule has 1 N–H and O–H groups in total. The minimum Gasteiger partial charge on any atom is -0.301 e. The fourth-order valence-electron chi connectivity index (χ4n) is 0.102. The second-order valence-corrected chi connectivity index (χ2v) is 1.22. The van der Waals surface area contributed by atoms with E-state index in [9.17, 15) is 0 Å². The van der Waals surface area contributed by atoms with E-state index in [4.69, 9.17) is 0 Å². The van der Waals surface area contributed by atoms with Gasteiger partial charge in [-0.15, -0.1) is 0 Å². The predicted molar refractivity (Wildman–Crippen MR) is 27.7 cm³/mol. The van der Waals surface area contributed by atoms with Crippen molar-refractivity contribution in [1.82, 2.24) is 5.09 Å². The lowest BCUT2D eigenvalue weighted by Crippen LogP contribution is -1.95. The van der Waals surface area contributed by atoms with Gasteiger partial charge in [0.1, 0.15) is 0 Å². The Bertz CT molecular complexity index is 14.4. The molecule has 0 aliphatic rings. The van der Waals surface area contributed by atoms with Crippen molar-refractivity contribution in [2.24, 2.45) is 0 Å². The van der Waals surface area contributed by atoms with E-state index in [0.29, 0.717) is 0 Å². The minimum atomic E-state index is 0.962. The van der Waals surface area contributed by atoms with Gasteiger partial charge >= 0.3 is 0 Å². The van der Waals surface area contributed by atoms with Gasteiger partial charge in [0.25, 0.3) is 0 Å². The zero-order valence-electron chi connectivity index (χ0n) is 3.20. The van der Waals surface area contributed by atoms with Crippen molar-refractivity contribution in [2.75, 3.05) is 6.54 Å². The Morgan fingerprint density at radius 2 is 2.40 bits per heavy atom. The SMILES string of the molecule is [CH2]CCNP. The number of nitrogens with one attached hydrogen (secondary N) is 1. The summed E-state index contributed by atoms with van der Waals surface area (Å²) in [5.41, 5.74) is 0. The van der Waals surface area contributed by atoms with Crippen LogP contribution < -0.4 is 5.09 Å². The summed E-state index contributed by atoms with van der Waals surface area (Å²) < 4.78 is 0. The van der Waals surface area contributed by atoms with Crippen LogP contribution in [-0.4, -0.2) is 6.54 Å². The fraction of sp³-hybridized carbons (Fsp3) is 0.667. The molecule has 5 heavy (non-hydrogen) atoms. The smallest absolute Gasteiger partial charge is 0.00144 e. The van der Waals surface area contributed by atoms with Gasteiger partial charge in [-0.05, 0) is 13.0 Å². The highest BCUT2D eigenvalue weighted by molar-refractivity contribution is 7.13. The van der Waals surface area contributed by atoms with Crippen molar-refractivity contribution in [3.63, 3.8) is 0 Å². The molecule has 0 saturated heterocycles.